The van der Waals surface area contributed by atoms with Gasteiger partial charge in [0.05, 0.1) is 0 Å². The van der Waals surface area contributed by atoms with Crippen LogP contribution in [0.4, 0.5) is 0 Å². The molecule has 3 saturated carbocycles. The molecule has 2 heteroatoms. The first-order valence-electron chi connectivity index (χ1n) is 5.17. The van der Waals surface area contributed by atoms with E-state index in [2.05, 4.69) is 0 Å². The highest BCUT2D eigenvalue weighted by molar-refractivity contribution is 5.74. The maximum absolute atomic E-state index is 11.1. The minimum Gasteiger partial charge on any atom is -0.303 e. The van der Waals surface area contributed by atoms with Crippen LogP contribution >= 0.6 is 0 Å². The Balaban J connectivity index is 2.08. The smallest absolute Gasteiger partial charge is 0.126 e. The van der Waals surface area contributed by atoms with Crippen LogP contribution in [-0.2, 0) is 9.59 Å². The van der Waals surface area contributed by atoms with Crippen molar-refractivity contribution in [2.75, 3.05) is 0 Å². The molecule has 3 aliphatic carbocycles. The third-order valence-corrected chi connectivity index (χ3v) is 5.37. The predicted molar refractivity (Wildman–Crippen MR) is 47.1 cm³/mol. The molecule has 2 nitrogen and oxygen atoms in total. The van der Waals surface area contributed by atoms with Gasteiger partial charge in [0.1, 0.15) is 12.6 Å². The number of hydrogen-bond donors (Lipinski definition) is 0. The van der Waals surface area contributed by atoms with E-state index in [-0.39, 0.29) is 16.2 Å². The molecule has 3 fully saturated rings. The van der Waals surface area contributed by atoms with E-state index in [0.717, 1.165) is 51.1 Å². The number of carbonyl (C=O) groups is 2. The molecule has 0 aromatic carbocycles. The van der Waals surface area contributed by atoms with Crippen LogP contribution in [-0.4, -0.2) is 12.6 Å². The summed E-state index contributed by atoms with van der Waals surface area (Å²) in [6.07, 6.45) is 8.54. The topological polar surface area (TPSA) is 34.1 Å². The zero-order valence-corrected chi connectivity index (χ0v) is 7.71. The van der Waals surface area contributed by atoms with E-state index < -0.39 is 0 Å². The van der Waals surface area contributed by atoms with Gasteiger partial charge >= 0.3 is 0 Å². The van der Waals surface area contributed by atoms with Crippen LogP contribution in [0.25, 0.3) is 0 Å². The summed E-state index contributed by atoms with van der Waals surface area (Å²) < 4.78 is 0. The highest BCUT2D eigenvalue weighted by Gasteiger charge is 2.76. The van der Waals surface area contributed by atoms with Gasteiger partial charge < -0.3 is 9.59 Å². The lowest BCUT2D eigenvalue weighted by Gasteiger charge is -2.65. The summed E-state index contributed by atoms with van der Waals surface area (Å²) in [4.78, 5) is 22.2. The van der Waals surface area contributed by atoms with Crippen LogP contribution in [0.3, 0.4) is 0 Å². The van der Waals surface area contributed by atoms with Crippen LogP contribution in [0.5, 0.6) is 0 Å². The Hall–Kier alpha value is -0.660. The summed E-state index contributed by atoms with van der Waals surface area (Å²) in [6, 6.07) is 0. The van der Waals surface area contributed by atoms with Crippen molar-refractivity contribution in [2.45, 2.75) is 38.5 Å². The van der Waals surface area contributed by atoms with Crippen molar-refractivity contribution in [3.05, 3.63) is 0 Å². The second-order valence-corrected chi connectivity index (χ2v) is 5.13. The molecule has 70 valence electrons. The molecule has 0 amide bonds. The summed E-state index contributed by atoms with van der Waals surface area (Å²) in [5.41, 5.74) is -0.0260. The molecule has 0 saturated heterocycles. The van der Waals surface area contributed by atoms with Gasteiger partial charge in [0.25, 0.3) is 0 Å². The fraction of sp³-hybridized carbons (Fsp3) is 0.818. The van der Waals surface area contributed by atoms with Crippen LogP contribution in [0, 0.1) is 16.2 Å². The second kappa shape index (κ2) is 1.89. The summed E-state index contributed by atoms with van der Waals surface area (Å²) in [5, 5.41) is 0. The first kappa shape index (κ1) is 7.72. The molecule has 0 radical (unpaired) electrons. The van der Waals surface area contributed by atoms with Gasteiger partial charge in [0.2, 0.25) is 0 Å². The van der Waals surface area contributed by atoms with Crippen LogP contribution < -0.4 is 0 Å². The molecule has 0 aliphatic heterocycles. The fourth-order valence-electron chi connectivity index (χ4n) is 4.25. The molecular weight excluding hydrogens is 164 g/mol. The SMILES string of the molecule is O=CC12CCC3(C=O)CCC13CC2. The highest BCUT2D eigenvalue weighted by atomic mass is 16.1. The van der Waals surface area contributed by atoms with Gasteiger partial charge in [-0.3, -0.25) is 0 Å². The molecule has 13 heavy (non-hydrogen) atoms. The molecule has 0 aromatic rings. The van der Waals surface area contributed by atoms with Gasteiger partial charge in [-0.05, 0) is 43.9 Å². The molecule has 1 spiro atoms. The van der Waals surface area contributed by atoms with E-state index in [1.807, 2.05) is 0 Å². The zero-order chi connectivity index (χ0) is 9.16. The molecule has 0 bridgehead atoms. The van der Waals surface area contributed by atoms with Crippen LogP contribution in [0.2, 0.25) is 0 Å². The molecule has 0 N–H and O–H groups in total. The quantitative estimate of drug-likeness (QED) is 0.603. The Morgan fingerprint density at radius 3 is 1.31 bits per heavy atom. The van der Waals surface area contributed by atoms with Gasteiger partial charge in [-0.25, -0.2) is 0 Å². The summed E-state index contributed by atoms with van der Waals surface area (Å²) in [5.74, 6) is 0. The van der Waals surface area contributed by atoms with Crippen LogP contribution in [0.15, 0.2) is 0 Å². The number of aldehydes is 2. The molecule has 0 heterocycles. The average molecular weight is 178 g/mol. The minimum absolute atomic E-state index is 0.0772. The molecular formula is C11H14O2. The van der Waals surface area contributed by atoms with E-state index in [1.54, 1.807) is 0 Å². The Bertz CT molecular complexity index is 266. The molecule has 2 atom stereocenters. The molecule has 3 rings (SSSR count). The minimum atomic E-state index is -0.0772. The first-order chi connectivity index (χ1) is 6.24. The van der Waals surface area contributed by atoms with Crippen LogP contribution in [0.1, 0.15) is 38.5 Å². The monoisotopic (exact) mass is 178 g/mol. The largest absolute Gasteiger partial charge is 0.303 e. The Kier molecular flexibility index (Phi) is 1.12. The number of hydrogen-bond acceptors (Lipinski definition) is 2. The van der Waals surface area contributed by atoms with E-state index in [1.165, 1.54) is 0 Å². The van der Waals surface area contributed by atoms with Gasteiger partial charge in [-0.2, -0.15) is 0 Å². The van der Waals surface area contributed by atoms with Crippen molar-refractivity contribution >= 4 is 12.6 Å². The van der Waals surface area contributed by atoms with E-state index in [4.69, 9.17) is 0 Å². The molecule has 0 aromatic heterocycles. The number of carbonyl (C=O) groups excluding carboxylic acids is 2. The Morgan fingerprint density at radius 1 is 0.692 bits per heavy atom. The van der Waals surface area contributed by atoms with Gasteiger partial charge in [-0.15, -0.1) is 0 Å². The lowest BCUT2D eigenvalue weighted by Crippen LogP contribution is -2.62. The van der Waals surface area contributed by atoms with Crippen molar-refractivity contribution in [1.82, 2.24) is 0 Å². The van der Waals surface area contributed by atoms with Crippen molar-refractivity contribution in [3.8, 4) is 0 Å². The van der Waals surface area contributed by atoms with Gasteiger partial charge in [-0.1, -0.05) is 0 Å². The Labute approximate surface area is 77.7 Å². The fourth-order valence-corrected chi connectivity index (χ4v) is 4.25. The third-order valence-electron chi connectivity index (χ3n) is 5.37. The Morgan fingerprint density at radius 2 is 1.08 bits per heavy atom. The first-order valence-corrected chi connectivity index (χ1v) is 5.17. The predicted octanol–water partition coefficient (Wildman–Crippen LogP) is 1.72. The van der Waals surface area contributed by atoms with E-state index in [9.17, 15) is 9.59 Å². The van der Waals surface area contributed by atoms with E-state index >= 15 is 0 Å². The summed E-state index contributed by atoms with van der Waals surface area (Å²) in [7, 11) is 0. The summed E-state index contributed by atoms with van der Waals surface area (Å²) in [6.45, 7) is 0. The molecule has 3 aliphatic rings. The lowest BCUT2D eigenvalue weighted by atomic mass is 9.37. The second-order valence-electron chi connectivity index (χ2n) is 5.13. The third kappa shape index (κ3) is 0.503. The summed E-state index contributed by atoms with van der Waals surface area (Å²) >= 11 is 0. The van der Waals surface area contributed by atoms with Gasteiger partial charge in [0.15, 0.2) is 0 Å². The average Bonchev–Trinajstić information content (AvgIpc) is 2.20. The maximum atomic E-state index is 11.1. The lowest BCUT2D eigenvalue weighted by molar-refractivity contribution is -0.188. The van der Waals surface area contributed by atoms with Crippen molar-refractivity contribution in [1.29, 1.82) is 0 Å². The number of rotatable bonds is 2. The van der Waals surface area contributed by atoms with Crippen molar-refractivity contribution in [3.63, 3.8) is 0 Å². The maximum Gasteiger partial charge on any atom is 0.126 e. The van der Waals surface area contributed by atoms with Crippen molar-refractivity contribution in [2.24, 2.45) is 16.2 Å². The molecule has 2 unspecified atom stereocenters. The normalized spacial score (nSPS) is 56.9. The van der Waals surface area contributed by atoms with E-state index in [0.29, 0.717) is 0 Å². The van der Waals surface area contributed by atoms with Crippen molar-refractivity contribution < 1.29 is 9.59 Å². The van der Waals surface area contributed by atoms with Gasteiger partial charge in [0, 0.05) is 10.8 Å². The standard InChI is InChI=1S/C11H14O2/c12-7-9-1-2-10(8-13)4-6-11(9,10)5-3-9/h7-8H,1-6H2. The highest BCUT2D eigenvalue weighted by Crippen LogP contribution is 2.81. The zero-order valence-electron chi connectivity index (χ0n) is 7.71.